The van der Waals surface area contributed by atoms with Gasteiger partial charge < -0.3 is 15.0 Å². The van der Waals surface area contributed by atoms with Gasteiger partial charge in [0.05, 0.1) is 6.61 Å². The molecule has 0 radical (unpaired) electrons. The van der Waals surface area contributed by atoms with Crippen molar-refractivity contribution in [2.24, 2.45) is 7.05 Å². The number of aryl methyl sites for hydroxylation is 1. The molecule has 2 heterocycles. The van der Waals surface area contributed by atoms with Crippen molar-refractivity contribution in [3.8, 4) is 0 Å². The van der Waals surface area contributed by atoms with Gasteiger partial charge in [-0.25, -0.2) is 14.3 Å². The van der Waals surface area contributed by atoms with Crippen LogP contribution in [-0.2, 0) is 11.8 Å². The first-order valence-electron chi connectivity index (χ1n) is 8.29. The summed E-state index contributed by atoms with van der Waals surface area (Å²) in [6.45, 7) is 2.43. The summed E-state index contributed by atoms with van der Waals surface area (Å²) in [6, 6.07) is 0.294. The van der Waals surface area contributed by atoms with E-state index in [2.05, 4.69) is 10.4 Å². The average Bonchev–Trinajstić information content (AvgIpc) is 3.34. The van der Waals surface area contributed by atoms with E-state index in [0.29, 0.717) is 32.3 Å². The predicted octanol–water partition coefficient (Wildman–Crippen LogP) is 0.452. The molecule has 0 atom stereocenters. The fourth-order valence-corrected chi connectivity index (χ4v) is 3.17. The predicted molar refractivity (Wildman–Crippen MR) is 84.6 cm³/mol. The number of hydrogen-bond donors (Lipinski definition) is 1. The van der Waals surface area contributed by atoms with Crippen LogP contribution in [0, 0.1) is 0 Å². The van der Waals surface area contributed by atoms with Crippen molar-refractivity contribution < 1.29 is 9.53 Å². The Balaban J connectivity index is 1.60. The van der Waals surface area contributed by atoms with Crippen LogP contribution in [0.1, 0.15) is 43.5 Å². The van der Waals surface area contributed by atoms with Crippen molar-refractivity contribution in [2.45, 2.75) is 37.6 Å². The number of rotatable bonds is 5. The molecule has 3 rings (SSSR count). The van der Waals surface area contributed by atoms with Gasteiger partial charge in [0.25, 0.3) is 0 Å². The van der Waals surface area contributed by atoms with E-state index in [1.165, 1.54) is 4.68 Å². The van der Waals surface area contributed by atoms with E-state index in [1.54, 1.807) is 14.2 Å². The molecule has 0 spiro atoms. The largest absolute Gasteiger partial charge is 0.383 e. The van der Waals surface area contributed by atoms with Gasteiger partial charge >= 0.3 is 11.7 Å². The highest BCUT2D eigenvalue weighted by Crippen LogP contribution is 2.37. The minimum atomic E-state index is -0.0406. The third-order valence-corrected chi connectivity index (χ3v) is 4.62. The maximum atomic E-state index is 12.2. The number of nitrogens with zero attached hydrogens (tertiary/aromatic N) is 4. The fourth-order valence-electron chi connectivity index (χ4n) is 3.17. The molecule has 1 aliphatic carbocycles. The molecular weight excluding hydrogens is 298 g/mol. The molecule has 8 nitrogen and oxygen atoms in total. The lowest BCUT2D eigenvalue weighted by Crippen LogP contribution is -2.45. The van der Waals surface area contributed by atoms with Gasteiger partial charge in [0.2, 0.25) is 0 Å². The highest BCUT2D eigenvalue weighted by molar-refractivity contribution is 5.74. The van der Waals surface area contributed by atoms with E-state index in [-0.39, 0.29) is 17.6 Å². The van der Waals surface area contributed by atoms with Gasteiger partial charge in [-0.3, -0.25) is 4.57 Å². The van der Waals surface area contributed by atoms with Crippen LogP contribution in [-0.4, -0.2) is 58.6 Å². The summed E-state index contributed by atoms with van der Waals surface area (Å²) in [5, 5.41) is 7.30. The van der Waals surface area contributed by atoms with Crippen LogP contribution in [0.25, 0.3) is 0 Å². The topological polar surface area (TPSA) is 81.4 Å². The van der Waals surface area contributed by atoms with E-state index in [4.69, 9.17) is 4.74 Å². The number of hydrogen-bond acceptors (Lipinski definition) is 4. The third kappa shape index (κ3) is 3.41. The van der Waals surface area contributed by atoms with E-state index in [0.717, 1.165) is 31.5 Å². The Morgan fingerprint density at radius 2 is 2.00 bits per heavy atom. The molecule has 1 aliphatic heterocycles. The molecular formula is C15H25N5O3. The molecule has 8 heteroatoms. The summed E-state index contributed by atoms with van der Waals surface area (Å²) in [5.41, 5.74) is -0.0118. The minimum absolute atomic E-state index is 0.0118. The van der Waals surface area contributed by atoms with E-state index in [9.17, 15) is 9.59 Å². The molecule has 23 heavy (non-hydrogen) atoms. The van der Waals surface area contributed by atoms with Gasteiger partial charge in [-0.2, -0.15) is 5.10 Å². The number of urea groups is 1. The number of likely N-dealkylation sites (tertiary alicyclic amines) is 1. The van der Waals surface area contributed by atoms with Crippen LogP contribution in [0.5, 0.6) is 0 Å². The van der Waals surface area contributed by atoms with Crippen LogP contribution in [0.3, 0.4) is 0 Å². The van der Waals surface area contributed by atoms with Gasteiger partial charge in [0, 0.05) is 45.8 Å². The lowest BCUT2D eigenvalue weighted by Gasteiger charge is -2.31. The normalized spacial score (nSPS) is 19.1. The second-order valence-corrected chi connectivity index (χ2v) is 6.35. The average molecular weight is 323 g/mol. The van der Waals surface area contributed by atoms with Gasteiger partial charge in [0.1, 0.15) is 5.82 Å². The van der Waals surface area contributed by atoms with Crippen LogP contribution in [0.2, 0.25) is 0 Å². The van der Waals surface area contributed by atoms with Crippen molar-refractivity contribution in [2.75, 3.05) is 33.4 Å². The van der Waals surface area contributed by atoms with E-state index in [1.807, 2.05) is 9.47 Å². The Bertz CT molecular complexity index is 611. The number of nitrogens with one attached hydrogen (secondary N) is 1. The first kappa shape index (κ1) is 16.0. The highest BCUT2D eigenvalue weighted by Gasteiger charge is 2.34. The van der Waals surface area contributed by atoms with Crippen molar-refractivity contribution in [3.05, 3.63) is 16.3 Å². The van der Waals surface area contributed by atoms with Crippen molar-refractivity contribution >= 4 is 6.03 Å². The number of carbonyl (C=O) groups excluding carboxylic acids is 1. The van der Waals surface area contributed by atoms with Gasteiger partial charge in [-0.05, 0) is 25.7 Å². The van der Waals surface area contributed by atoms with E-state index >= 15 is 0 Å². The maximum absolute atomic E-state index is 12.2. The van der Waals surface area contributed by atoms with Crippen molar-refractivity contribution in [1.82, 2.24) is 24.6 Å². The Morgan fingerprint density at radius 3 is 2.61 bits per heavy atom. The number of ether oxygens (including phenoxy) is 1. The highest BCUT2D eigenvalue weighted by atomic mass is 16.5. The molecule has 1 saturated heterocycles. The molecule has 1 aromatic rings. The second-order valence-electron chi connectivity index (χ2n) is 6.35. The van der Waals surface area contributed by atoms with Gasteiger partial charge in [0.15, 0.2) is 0 Å². The van der Waals surface area contributed by atoms with Crippen LogP contribution < -0.4 is 11.0 Å². The smallest absolute Gasteiger partial charge is 0.345 e. The van der Waals surface area contributed by atoms with Crippen LogP contribution in [0.15, 0.2) is 4.79 Å². The van der Waals surface area contributed by atoms with Crippen molar-refractivity contribution in [3.63, 3.8) is 0 Å². The first-order valence-corrected chi connectivity index (χ1v) is 8.29. The van der Waals surface area contributed by atoms with Crippen molar-refractivity contribution in [1.29, 1.82) is 0 Å². The molecule has 2 fully saturated rings. The molecule has 1 aromatic heterocycles. The van der Waals surface area contributed by atoms with Crippen LogP contribution in [0.4, 0.5) is 4.79 Å². The zero-order valence-corrected chi connectivity index (χ0v) is 13.8. The summed E-state index contributed by atoms with van der Waals surface area (Å²) in [4.78, 5) is 26.1. The first-order chi connectivity index (χ1) is 11.1. The third-order valence-electron chi connectivity index (χ3n) is 4.62. The molecule has 0 unspecified atom stereocenters. The van der Waals surface area contributed by atoms with Crippen LogP contribution >= 0.6 is 0 Å². The Labute approximate surface area is 135 Å². The Kier molecular flexibility index (Phi) is 4.70. The van der Waals surface area contributed by atoms with Gasteiger partial charge in [-0.1, -0.05) is 0 Å². The number of aromatic nitrogens is 3. The number of piperidine rings is 1. The monoisotopic (exact) mass is 323 g/mol. The quantitative estimate of drug-likeness (QED) is 0.798. The second kappa shape index (κ2) is 6.74. The summed E-state index contributed by atoms with van der Waals surface area (Å²) in [6.07, 6.45) is 3.83. The number of methoxy groups -OCH3 is 1. The molecule has 2 aliphatic rings. The Hall–Kier alpha value is -1.83. The lowest BCUT2D eigenvalue weighted by atomic mass is 9.96. The molecule has 0 bridgehead atoms. The Morgan fingerprint density at radius 1 is 1.30 bits per heavy atom. The number of carbonyl (C=O) groups is 1. The summed E-state index contributed by atoms with van der Waals surface area (Å²) in [5.74, 6) is 1.16. The molecule has 0 aromatic carbocycles. The molecule has 2 amide bonds. The fraction of sp³-hybridized carbons (Fsp3) is 0.800. The van der Waals surface area contributed by atoms with Gasteiger partial charge in [-0.15, -0.1) is 0 Å². The summed E-state index contributed by atoms with van der Waals surface area (Å²) < 4.78 is 8.25. The zero-order valence-electron chi connectivity index (χ0n) is 13.8. The minimum Gasteiger partial charge on any atom is -0.383 e. The number of amides is 2. The zero-order chi connectivity index (χ0) is 16.4. The standard InChI is InChI=1S/C15H25N5O3/c1-18-15(22)20(12-3-4-12)13(17-18)11-5-8-19(9-6-11)14(21)16-7-10-23-2/h11-12H,3-10H2,1-2H3,(H,16,21). The molecule has 1 saturated carbocycles. The molecule has 128 valence electrons. The maximum Gasteiger partial charge on any atom is 0.345 e. The summed E-state index contributed by atoms with van der Waals surface area (Å²) >= 11 is 0. The SMILES string of the molecule is COCCNC(=O)N1CCC(c2nn(C)c(=O)n2C2CC2)CC1. The lowest BCUT2D eigenvalue weighted by molar-refractivity contribution is 0.168. The molecule has 1 N–H and O–H groups in total. The summed E-state index contributed by atoms with van der Waals surface area (Å²) in [7, 11) is 3.33. The van der Waals surface area contributed by atoms with E-state index < -0.39 is 0 Å².